The van der Waals surface area contributed by atoms with Crippen molar-refractivity contribution in [2.24, 2.45) is 0 Å². The van der Waals surface area contributed by atoms with E-state index in [-0.39, 0.29) is 12.4 Å². The van der Waals surface area contributed by atoms with Crippen LogP contribution in [-0.4, -0.2) is 53.6 Å². The highest BCUT2D eigenvalue weighted by Crippen LogP contribution is 2.29. The number of rotatable bonds is 8. The van der Waals surface area contributed by atoms with Gasteiger partial charge in [-0.2, -0.15) is 0 Å². The summed E-state index contributed by atoms with van der Waals surface area (Å²) in [5, 5.41) is 9.59. The summed E-state index contributed by atoms with van der Waals surface area (Å²) in [5.74, 6) is 0.105. The summed E-state index contributed by atoms with van der Waals surface area (Å²) < 4.78 is 0. The van der Waals surface area contributed by atoms with E-state index >= 15 is 0 Å². The van der Waals surface area contributed by atoms with Gasteiger partial charge in [0.15, 0.2) is 5.78 Å². The molecule has 5 rings (SSSR count). The normalized spacial score (nSPS) is 18.0. The van der Waals surface area contributed by atoms with Crippen LogP contribution in [0.15, 0.2) is 108 Å². The number of nitrogens with zero attached hydrogens (tertiary/aromatic N) is 3. The van der Waals surface area contributed by atoms with Crippen molar-refractivity contribution in [2.75, 3.05) is 37.7 Å². The first-order valence-corrected chi connectivity index (χ1v) is 14.4. The molecule has 1 aliphatic carbocycles. The molecule has 1 atom stereocenters. The number of ketones is 1. The molecule has 2 aromatic carbocycles. The van der Waals surface area contributed by atoms with Gasteiger partial charge in [0, 0.05) is 60.8 Å². The van der Waals surface area contributed by atoms with E-state index in [2.05, 4.69) is 83.5 Å². The maximum Gasteiger partial charge on any atom is 0.159 e. The van der Waals surface area contributed by atoms with Crippen LogP contribution < -0.4 is 4.90 Å². The fraction of sp³-hybridized carbons (Fsp3) is 0.278. The van der Waals surface area contributed by atoms with Crippen LogP contribution in [0.4, 0.5) is 5.69 Å². The summed E-state index contributed by atoms with van der Waals surface area (Å²) in [6.07, 6.45) is 13.2. The van der Waals surface area contributed by atoms with E-state index < -0.39 is 0 Å². The Morgan fingerprint density at radius 2 is 1.63 bits per heavy atom. The highest BCUT2D eigenvalue weighted by atomic mass is 16.3. The molecule has 3 aromatic rings. The third-order valence-electron chi connectivity index (χ3n) is 8.14. The molecule has 1 aliphatic heterocycles. The number of Topliss-reactive ketones (excluding diaryl/α,β-unsaturated/α-hetero) is 1. The van der Waals surface area contributed by atoms with Crippen molar-refractivity contribution < 1.29 is 9.90 Å². The summed E-state index contributed by atoms with van der Waals surface area (Å²) in [7, 11) is 0. The summed E-state index contributed by atoms with van der Waals surface area (Å²) in [5.41, 5.74) is 9.57. The van der Waals surface area contributed by atoms with Crippen LogP contribution in [0.2, 0.25) is 0 Å². The van der Waals surface area contributed by atoms with Gasteiger partial charge in [0.05, 0.1) is 12.3 Å². The van der Waals surface area contributed by atoms with Crippen molar-refractivity contribution in [3.8, 4) is 11.1 Å². The van der Waals surface area contributed by atoms with E-state index in [9.17, 15) is 9.90 Å². The van der Waals surface area contributed by atoms with Gasteiger partial charge in [-0.1, -0.05) is 60.7 Å². The Morgan fingerprint density at radius 3 is 2.22 bits per heavy atom. The second-order valence-corrected chi connectivity index (χ2v) is 10.9. The van der Waals surface area contributed by atoms with Crippen LogP contribution >= 0.6 is 0 Å². The molecule has 41 heavy (non-hydrogen) atoms. The molecule has 2 aliphatic rings. The third-order valence-corrected chi connectivity index (χ3v) is 8.14. The van der Waals surface area contributed by atoms with Crippen LogP contribution in [0.3, 0.4) is 0 Å². The molecule has 1 N–H and O–H groups in total. The Labute approximate surface area is 243 Å². The quantitative estimate of drug-likeness (QED) is 0.308. The average Bonchev–Trinajstić information content (AvgIpc) is 3.04. The first-order chi connectivity index (χ1) is 19.9. The molecular weight excluding hydrogens is 506 g/mol. The largest absolute Gasteiger partial charge is 0.392 e. The maximum absolute atomic E-state index is 11.6. The van der Waals surface area contributed by atoms with Gasteiger partial charge in [-0.05, 0) is 79.8 Å². The molecular formula is C36H39N3O2. The lowest BCUT2D eigenvalue weighted by atomic mass is 9.96. The molecule has 0 bridgehead atoms. The number of piperazine rings is 1. The minimum atomic E-state index is 0.0326. The Kier molecular flexibility index (Phi) is 9.07. The SMILES string of the molecule is CC(=O)c1ccc(N2CCN(C(C)c3ccc(-c4ccc(C(/C=C(/C)CO)=C5\C=CC=CC5)nc4)cc3)CC2)cc1. The first-order valence-electron chi connectivity index (χ1n) is 14.4. The van der Waals surface area contributed by atoms with Crippen LogP contribution in [0.5, 0.6) is 0 Å². The Bertz CT molecular complexity index is 1470. The summed E-state index contributed by atoms with van der Waals surface area (Å²) in [6.45, 7) is 9.80. The molecule has 1 unspecified atom stereocenters. The fourth-order valence-electron chi connectivity index (χ4n) is 5.50. The highest BCUT2D eigenvalue weighted by Gasteiger charge is 2.22. The predicted octanol–water partition coefficient (Wildman–Crippen LogP) is 7.04. The number of allylic oxidation sites excluding steroid dienone is 7. The van der Waals surface area contributed by atoms with Crippen molar-refractivity contribution in [2.45, 2.75) is 33.2 Å². The lowest BCUT2D eigenvalue weighted by molar-refractivity contribution is 0.101. The van der Waals surface area contributed by atoms with Crippen LogP contribution in [0.25, 0.3) is 16.7 Å². The van der Waals surface area contributed by atoms with Gasteiger partial charge in [0.25, 0.3) is 0 Å². The van der Waals surface area contributed by atoms with Gasteiger partial charge in [0.2, 0.25) is 0 Å². The third kappa shape index (κ3) is 6.82. The topological polar surface area (TPSA) is 56.7 Å². The zero-order valence-corrected chi connectivity index (χ0v) is 24.3. The molecule has 0 amide bonds. The Hall–Kier alpha value is -4.06. The van der Waals surface area contributed by atoms with E-state index in [1.807, 2.05) is 37.4 Å². The molecule has 1 aromatic heterocycles. The molecule has 0 radical (unpaired) electrons. The van der Waals surface area contributed by atoms with E-state index in [0.717, 1.165) is 66.1 Å². The summed E-state index contributed by atoms with van der Waals surface area (Å²) in [4.78, 5) is 21.3. The number of aliphatic hydroxyl groups excluding tert-OH is 1. The minimum absolute atomic E-state index is 0.0326. The maximum atomic E-state index is 11.6. The Balaban J connectivity index is 1.24. The summed E-state index contributed by atoms with van der Waals surface area (Å²) in [6, 6.07) is 21.4. The molecule has 0 saturated carbocycles. The van der Waals surface area contributed by atoms with Gasteiger partial charge in [-0.3, -0.25) is 14.7 Å². The fourth-order valence-corrected chi connectivity index (χ4v) is 5.50. The van der Waals surface area contributed by atoms with E-state index in [4.69, 9.17) is 4.98 Å². The molecule has 1 saturated heterocycles. The van der Waals surface area contributed by atoms with Crippen LogP contribution in [0, 0.1) is 0 Å². The van der Waals surface area contributed by atoms with Gasteiger partial charge in [0.1, 0.15) is 0 Å². The predicted molar refractivity (Wildman–Crippen MR) is 169 cm³/mol. The zero-order valence-electron chi connectivity index (χ0n) is 24.3. The van der Waals surface area contributed by atoms with Crippen molar-refractivity contribution in [1.29, 1.82) is 0 Å². The minimum Gasteiger partial charge on any atom is -0.392 e. The number of aromatic nitrogens is 1. The van der Waals surface area contributed by atoms with Crippen molar-refractivity contribution >= 4 is 17.0 Å². The van der Waals surface area contributed by atoms with Gasteiger partial charge >= 0.3 is 0 Å². The lowest BCUT2D eigenvalue weighted by Crippen LogP contribution is -2.47. The highest BCUT2D eigenvalue weighted by molar-refractivity contribution is 5.94. The number of aliphatic hydroxyl groups is 1. The number of hydrogen-bond acceptors (Lipinski definition) is 5. The second kappa shape index (κ2) is 13.1. The molecule has 1 fully saturated rings. The molecule has 0 spiro atoms. The van der Waals surface area contributed by atoms with Crippen molar-refractivity contribution in [3.63, 3.8) is 0 Å². The van der Waals surface area contributed by atoms with Gasteiger partial charge in [-0.15, -0.1) is 0 Å². The molecule has 5 nitrogen and oxygen atoms in total. The lowest BCUT2D eigenvalue weighted by Gasteiger charge is -2.39. The molecule has 2 heterocycles. The number of benzene rings is 2. The molecule has 210 valence electrons. The number of carbonyl (C=O) groups is 1. The first kappa shape index (κ1) is 28.5. The number of hydrogen-bond donors (Lipinski definition) is 1. The zero-order chi connectivity index (χ0) is 28.8. The average molecular weight is 546 g/mol. The second-order valence-electron chi connectivity index (χ2n) is 10.9. The van der Waals surface area contributed by atoms with Crippen molar-refractivity contribution in [3.05, 3.63) is 125 Å². The number of carbonyl (C=O) groups excluding carboxylic acids is 1. The smallest absolute Gasteiger partial charge is 0.159 e. The van der Waals surface area contributed by atoms with E-state index in [1.165, 1.54) is 16.8 Å². The van der Waals surface area contributed by atoms with Gasteiger partial charge in [-0.25, -0.2) is 0 Å². The standard InChI is InChI=1S/C36H39N3O2/c1-26(25-40)23-35(32-7-5-4-6-8-32)36-18-15-33(24-37-36)31-11-9-29(10-12-31)27(2)38-19-21-39(22-20-38)34-16-13-30(14-17-34)28(3)41/h4-7,9-18,23-24,27,40H,8,19-22,25H2,1-3H3/b26-23-,35-32+. The van der Waals surface area contributed by atoms with Crippen LogP contribution in [0.1, 0.15) is 54.8 Å². The number of anilines is 1. The monoisotopic (exact) mass is 545 g/mol. The van der Waals surface area contributed by atoms with Crippen molar-refractivity contribution in [1.82, 2.24) is 9.88 Å². The Morgan fingerprint density at radius 1 is 0.927 bits per heavy atom. The number of pyridine rings is 1. The van der Waals surface area contributed by atoms with Gasteiger partial charge < -0.3 is 10.0 Å². The van der Waals surface area contributed by atoms with Crippen LogP contribution in [-0.2, 0) is 0 Å². The molecule has 5 heteroatoms. The summed E-state index contributed by atoms with van der Waals surface area (Å²) >= 11 is 0. The van der Waals surface area contributed by atoms with E-state index in [1.54, 1.807) is 6.92 Å². The van der Waals surface area contributed by atoms with E-state index in [0.29, 0.717) is 6.04 Å².